The molecule has 7 heteroatoms. The van der Waals surface area contributed by atoms with Gasteiger partial charge in [-0.3, -0.25) is 4.79 Å². The molecule has 6 nitrogen and oxygen atoms in total. The molecule has 2 aromatic rings. The average molecular weight is 445 g/mol. The smallest absolute Gasteiger partial charge is 0.243 e. The van der Waals surface area contributed by atoms with Crippen molar-refractivity contribution in [1.29, 1.82) is 0 Å². The normalized spacial score (nSPS) is 15.5. The van der Waals surface area contributed by atoms with Crippen LogP contribution in [0.5, 0.6) is 5.75 Å². The first-order valence-corrected chi connectivity index (χ1v) is 12.3. The van der Waals surface area contributed by atoms with Gasteiger partial charge in [0.25, 0.3) is 0 Å². The molecular formula is C24H32N2O4S. The molecule has 0 spiro atoms. The number of ether oxygens (including phenoxy) is 1. The number of amides is 1. The van der Waals surface area contributed by atoms with E-state index in [9.17, 15) is 13.2 Å². The number of nitrogens with one attached hydrogen (secondary N) is 1. The Morgan fingerprint density at radius 1 is 1.10 bits per heavy atom. The van der Waals surface area contributed by atoms with Gasteiger partial charge in [0.1, 0.15) is 5.75 Å². The van der Waals surface area contributed by atoms with E-state index in [1.54, 1.807) is 25.3 Å². The minimum absolute atomic E-state index is 0.0459. The Morgan fingerprint density at radius 2 is 1.81 bits per heavy atom. The zero-order valence-corrected chi connectivity index (χ0v) is 19.2. The van der Waals surface area contributed by atoms with Gasteiger partial charge in [0.2, 0.25) is 15.9 Å². The molecule has 1 heterocycles. The zero-order chi connectivity index (χ0) is 22.3. The minimum Gasteiger partial charge on any atom is -0.496 e. The summed E-state index contributed by atoms with van der Waals surface area (Å²) >= 11 is 0. The molecule has 1 amide bonds. The number of nitrogens with zero attached hydrogens (tertiary/aromatic N) is 1. The van der Waals surface area contributed by atoms with Crippen LogP contribution < -0.4 is 10.1 Å². The van der Waals surface area contributed by atoms with Crippen LogP contribution in [-0.4, -0.2) is 44.9 Å². The second-order valence-electron chi connectivity index (χ2n) is 8.08. The van der Waals surface area contributed by atoms with E-state index < -0.39 is 10.0 Å². The fourth-order valence-electron chi connectivity index (χ4n) is 3.88. The van der Waals surface area contributed by atoms with Gasteiger partial charge in [-0.25, -0.2) is 8.42 Å². The summed E-state index contributed by atoms with van der Waals surface area (Å²) in [7, 11) is -1.95. The van der Waals surface area contributed by atoms with Crippen molar-refractivity contribution in [3.05, 3.63) is 59.7 Å². The number of hydrogen-bond donors (Lipinski definition) is 1. The van der Waals surface area contributed by atoms with Crippen molar-refractivity contribution >= 4 is 15.9 Å². The maximum atomic E-state index is 12.9. The van der Waals surface area contributed by atoms with E-state index in [2.05, 4.69) is 17.4 Å². The Hall–Kier alpha value is -2.38. The molecule has 1 aliphatic rings. The van der Waals surface area contributed by atoms with Crippen LogP contribution in [0.2, 0.25) is 0 Å². The predicted octanol–water partition coefficient (Wildman–Crippen LogP) is 3.55. The van der Waals surface area contributed by atoms with E-state index in [1.807, 2.05) is 25.1 Å². The Balaban J connectivity index is 1.57. The van der Waals surface area contributed by atoms with Gasteiger partial charge < -0.3 is 10.1 Å². The third-order valence-corrected chi connectivity index (χ3v) is 7.59. The maximum Gasteiger partial charge on any atom is 0.243 e. The number of sulfonamides is 1. The van der Waals surface area contributed by atoms with Crippen molar-refractivity contribution in [2.75, 3.05) is 20.2 Å². The van der Waals surface area contributed by atoms with E-state index in [4.69, 9.17) is 4.74 Å². The molecule has 1 atom stereocenters. The largest absolute Gasteiger partial charge is 0.496 e. The van der Waals surface area contributed by atoms with Gasteiger partial charge >= 0.3 is 0 Å². The van der Waals surface area contributed by atoms with E-state index >= 15 is 0 Å². The average Bonchev–Trinajstić information content (AvgIpc) is 3.33. The number of benzene rings is 2. The monoisotopic (exact) mass is 444 g/mol. The first-order chi connectivity index (χ1) is 14.9. The molecule has 0 bridgehead atoms. The van der Waals surface area contributed by atoms with Gasteiger partial charge in [0, 0.05) is 25.6 Å². The number of carbonyl (C=O) groups is 1. The van der Waals surface area contributed by atoms with Crippen LogP contribution in [-0.2, 0) is 27.7 Å². The molecule has 0 saturated carbocycles. The molecule has 2 aromatic carbocycles. The second kappa shape index (κ2) is 10.8. The van der Waals surface area contributed by atoms with Crippen LogP contribution in [0, 0.1) is 0 Å². The summed E-state index contributed by atoms with van der Waals surface area (Å²) < 4.78 is 32.7. The van der Waals surface area contributed by atoms with Crippen molar-refractivity contribution in [2.24, 2.45) is 0 Å². The maximum absolute atomic E-state index is 12.9. The predicted molar refractivity (Wildman–Crippen MR) is 122 cm³/mol. The second-order valence-corrected chi connectivity index (χ2v) is 10.0. The number of carbonyl (C=O) groups excluding carboxylic acids is 1. The highest BCUT2D eigenvalue weighted by molar-refractivity contribution is 7.89. The molecule has 0 radical (unpaired) electrons. The summed E-state index contributed by atoms with van der Waals surface area (Å²) in [5, 5.41) is 3.04. The molecule has 1 fully saturated rings. The lowest BCUT2D eigenvalue weighted by molar-refractivity contribution is -0.121. The van der Waals surface area contributed by atoms with Crippen LogP contribution in [0.25, 0.3) is 0 Å². The van der Waals surface area contributed by atoms with Crippen LogP contribution in [0.3, 0.4) is 0 Å². The van der Waals surface area contributed by atoms with Gasteiger partial charge in [0.05, 0.1) is 12.0 Å². The van der Waals surface area contributed by atoms with Gasteiger partial charge in [-0.2, -0.15) is 4.31 Å². The van der Waals surface area contributed by atoms with Crippen molar-refractivity contribution in [2.45, 2.75) is 56.4 Å². The molecular weight excluding hydrogens is 412 g/mol. The summed E-state index contributed by atoms with van der Waals surface area (Å²) in [4.78, 5) is 12.7. The number of hydrogen-bond acceptors (Lipinski definition) is 4. The third kappa shape index (κ3) is 6.31. The van der Waals surface area contributed by atoms with Crippen molar-refractivity contribution < 1.29 is 17.9 Å². The summed E-state index contributed by atoms with van der Waals surface area (Å²) in [5.41, 5.74) is 1.99. The number of methoxy groups -OCH3 is 1. The standard InChI is InChI=1S/C24H32N2O4S/c1-19(10-11-20-8-4-3-5-9-20)25-24(27)15-12-21-18-22(13-14-23(21)30-2)31(28,29)26-16-6-7-17-26/h3-5,8-9,13-14,18-19H,6-7,10-12,15-17H2,1-2H3,(H,25,27). The highest BCUT2D eigenvalue weighted by Gasteiger charge is 2.27. The van der Waals surface area contributed by atoms with Crippen LogP contribution in [0.4, 0.5) is 0 Å². The number of aryl methyl sites for hydroxylation is 2. The highest BCUT2D eigenvalue weighted by Crippen LogP contribution is 2.27. The topological polar surface area (TPSA) is 75.7 Å². The first kappa shape index (κ1) is 23.3. The van der Waals surface area contributed by atoms with Gasteiger partial charge in [-0.1, -0.05) is 30.3 Å². The molecule has 31 heavy (non-hydrogen) atoms. The summed E-state index contributed by atoms with van der Waals surface area (Å²) in [6, 6.07) is 15.2. The fraction of sp³-hybridized carbons (Fsp3) is 0.458. The summed E-state index contributed by atoms with van der Waals surface area (Å²) in [5.74, 6) is 0.556. The van der Waals surface area contributed by atoms with Crippen LogP contribution >= 0.6 is 0 Å². The Morgan fingerprint density at radius 3 is 2.48 bits per heavy atom. The molecule has 168 valence electrons. The van der Waals surface area contributed by atoms with E-state index in [0.717, 1.165) is 31.2 Å². The van der Waals surface area contributed by atoms with E-state index in [0.29, 0.717) is 25.3 Å². The lowest BCUT2D eigenvalue weighted by Gasteiger charge is -2.17. The quantitative estimate of drug-likeness (QED) is 0.608. The molecule has 0 aliphatic carbocycles. The Kier molecular flexibility index (Phi) is 8.09. The van der Waals surface area contributed by atoms with Crippen molar-refractivity contribution in [3.8, 4) is 5.75 Å². The lowest BCUT2D eigenvalue weighted by atomic mass is 10.1. The molecule has 1 N–H and O–H groups in total. The minimum atomic E-state index is -3.50. The summed E-state index contributed by atoms with van der Waals surface area (Å²) in [6.45, 7) is 3.13. The van der Waals surface area contributed by atoms with Crippen LogP contribution in [0.1, 0.15) is 43.7 Å². The highest BCUT2D eigenvalue weighted by atomic mass is 32.2. The molecule has 1 saturated heterocycles. The first-order valence-electron chi connectivity index (χ1n) is 10.9. The van der Waals surface area contributed by atoms with E-state index in [-0.39, 0.29) is 23.3 Å². The van der Waals surface area contributed by atoms with Gasteiger partial charge in [-0.05, 0) is 68.4 Å². The lowest BCUT2D eigenvalue weighted by Crippen LogP contribution is -2.33. The Labute approximate surface area is 185 Å². The SMILES string of the molecule is COc1ccc(S(=O)(=O)N2CCCC2)cc1CCC(=O)NC(C)CCc1ccccc1. The van der Waals surface area contributed by atoms with Crippen LogP contribution in [0.15, 0.2) is 53.4 Å². The van der Waals surface area contributed by atoms with Crippen molar-refractivity contribution in [1.82, 2.24) is 9.62 Å². The van der Waals surface area contributed by atoms with Gasteiger partial charge in [-0.15, -0.1) is 0 Å². The fourth-order valence-corrected chi connectivity index (χ4v) is 5.45. The zero-order valence-electron chi connectivity index (χ0n) is 18.3. The summed E-state index contributed by atoms with van der Waals surface area (Å²) in [6.07, 6.45) is 4.26. The molecule has 1 unspecified atom stereocenters. The Bertz CT molecular complexity index is 970. The molecule has 1 aliphatic heterocycles. The third-order valence-electron chi connectivity index (χ3n) is 5.69. The van der Waals surface area contributed by atoms with Gasteiger partial charge in [0.15, 0.2) is 0 Å². The molecule has 0 aromatic heterocycles. The van der Waals surface area contributed by atoms with Crippen molar-refractivity contribution in [3.63, 3.8) is 0 Å². The number of rotatable bonds is 10. The molecule has 3 rings (SSSR count). The van der Waals surface area contributed by atoms with E-state index in [1.165, 1.54) is 9.87 Å².